The molecule has 2 aromatic rings. The molecule has 0 spiro atoms. The number of nitrogens with one attached hydrogen (secondary N) is 1. The molecule has 1 unspecified atom stereocenters. The van der Waals surface area contributed by atoms with Crippen molar-refractivity contribution in [3.63, 3.8) is 0 Å². The molecule has 2 N–H and O–H groups in total. The number of hydrogen-bond donors (Lipinski definition) is 2. The number of para-hydroxylation sites is 1. The minimum absolute atomic E-state index is 0.120. The third kappa shape index (κ3) is 3.06. The molecule has 0 aliphatic rings. The first-order valence-corrected chi connectivity index (χ1v) is 6.05. The van der Waals surface area contributed by atoms with Gasteiger partial charge in [-0.25, -0.2) is 9.78 Å². The Hall–Kier alpha value is -2.74. The number of benzene rings is 1. The molecule has 8 nitrogen and oxygen atoms in total. The van der Waals surface area contributed by atoms with Crippen molar-refractivity contribution in [1.82, 2.24) is 4.98 Å². The number of pyridine rings is 1. The number of carbonyl (C=O) groups is 1. The molecule has 0 radical (unpaired) electrons. The monoisotopic (exact) mass is 291 g/mol. The lowest BCUT2D eigenvalue weighted by Crippen LogP contribution is -2.34. The van der Waals surface area contributed by atoms with E-state index in [-0.39, 0.29) is 18.0 Å². The summed E-state index contributed by atoms with van der Waals surface area (Å²) in [6.45, 7) is -0.122. The van der Waals surface area contributed by atoms with Crippen LogP contribution >= 0.6 is 0 Å². The number of aliphatic carboxylic acids is 1. The Morgan fingerprint density at radius 1 is 1.52 bits per heavy atom. The summed E-state index contributed by atoms with van der Waals surface area (Å²) < 4.78 is 4.82. The second-order valence-electron chi connectivity index (χ2n) is 4.28. The molecule has 1 heterocycles. The minimum atomic E-state index is -1.16. The van der Waals surface area contributed by atoms with Gasteiger partial charge in [-0.2, -0.15) is 0 Å². The summed E-state index contributed by atoms with van der Waals surface area (Å²) in [4.78, 5) is 25.7. The van der Waals surface area contributed by atoms with Gasteiger partial charge in [-0.15, -0.1) is 0 Å². The maximum atomic E-state index is 11.2. The SMILES string of the molecule is COCC(Nc1c([N+](=O)[O-])cnc2ccccc12)C(=O)O. The minimum Gasteiger partial charge on any atom is -0.480 e. The number of anilines is 1. The molecule has 1 aromatic carbocycles. The first-order valence-electron chi connectivity index (χ1n) is 6.05. The quantitative estimate of drug-likeness (QED) is 0.614. The van der Waals surface area contributed by atoms with E-state index in [4.69, 9.17) is 9.84 Å². The van der Waals surface area contributed by atoms with Crippen molar-refractivity contribution in [1.29, 1.82) is 0 Å². The van der Waals surface area contributed by atoms with Crippen LogP contribution in [-0.2, 0) is 9.53 Å². The topological polar surface area (TPSA) is 115 Å². The number of nitro groups is 1. The Balaban J connectivity index is 2.55. The number of ether oxygens (including phenoxy) is 1. The van der Waals surface area contributed by atoms with Crippen molar-refractivity contribution >= 4 is 28.2 Å². The van der Waals surface area contributed by atoms with Crippen LogP contribution in [0.5, 0.6) is 0 Å². The van der Waals surface area contributed by atoms with Crippen LogP contribution < -0.4 is 5.32 Å². The van der Waals surface area contributed by atoms with E-state index < -0.39 is 16.9 Å². The molecule has 0 saturated heterocycles. The molecule has 0 fully saturated rings. The molecule has 21 heavy (non-hydrogen) atoms. The van der Waals surface area contributed by atoms with Gasteiger partial charge in [0, 0.05) is 12.5 Å². The van der Waals surface area contributed by atoms with E-state index in [9.17, 15) is 14.9 Å². The van der Waals surface area contributed by atoms with E-state index in [0.29, 0.717) is 10.9 Å². The number of carboxylic acids is 1. The number of aromatic nitrogens is 1. The molecular weight excluding hydrogens is 278 g/mol. The summed E-state index contributed by atoms with van der Waals surface area (Å²) >= 11 is 0. The van der Waals surface area contributed by atoms with Gasteiger partial charge in [-0.3, -0.25) is 10.1 Å². The molecule has 0 amide bonds. The summed E-state index contributed by atoms with van der Waals surface area (Å²) in [6, 6.07) is 5.68. The maximum absolute atomic E-state index is 11.2. The number of hydrogen-bond acceptors (Lipinski definition) is 6. The Morgan fingerprint density at radius 2 is 2.24 bits per heavy atom. The van der Waals surface area contributed by atoms with Gasteiger partial charge in [-0.05, 0) is 6.07 Å². The van der Waals surface area contributed by atoms with Crippen molar-refractivity contribution in [3.8, 4) is 0 Å². The van der Waals surface area contributed by atoms with Crippen molar-refractivity contribution in [2.24, 2.45) is 0 Å². The van der Waals surface area contributed by atoms with Crippen LogP contribution in [0.1, 0.15) is 0 Å². The van der Waals surface area contributed by atoms with Gasteiger partial charge in [0.25, 0.3) is 0 Å². The van der Waals surface area contributed by atoms with E-state index in [0.717, 1.165) is 6.20 Å². The van der Waals surface area contributed by atoms with Crippen LogP contribution in [0.15, 0.2) is 30.5 Å². The molecular formula is C13H13N3O5. The van der Waals surface area contributed by atoms with Gasteiger partial charge in [0.05, 0.1) is 17.0 Å². The summed E-state index contributed by atoms with van der Waals surface area (Å²) in [5, 5.41) is 23.4. The van der Waals surface area contributed by atoms with Crippen molar-refractivity contribution in [2.45, 2.75) is 6.04 Å². The highest BCUT2D eigenvalue weighted by Crippen LogP contribution is 2.31. The van der Waals surface area contributed by atoms with Crippen LogP contribution in [0.4, 0.5) is 11.4 Å². The Kier molecular flexibility index (Phi) is 4.29. The van der Waals surface area contributed by atoms with Crippen LogP contribution in [0.3, 0.4) is 0 Å². The number of fused-ring (bicyclic) bond motifs is 1. The lowest BCUT2D eigenvalue weighted by Gasteiger charge is -2.16. The Labute approximate surface area is 119 Å². The van der Waals surface area contributed by atoms with Crippen LogP contribution in [-0.4, -0.2) is 40.7 Å². The molecule has 1 aromatic heterocycles. The molecule has 0 saturated carbocycles. The highest BCUT2D eigenvalue weighted by molar-refractivity contribution is 5.97. The second-order valence-corrected chi connectivity index (χ2v) is 4.28. The molecule has 0 bridgehead atoms. The van der Waals surface area contributed by atoms with Gasteiger partial charge in [0.15, 0.2) is 0 Å². The molecule has 1 atom stereocenters. The van der Waals surface area contributed by atoms with Crippen molar-refractivity contribution in [2.75, 3.05) is 19.0 Å². The highest BCUT2D eigenvalue weighted by atomic mass is 16.6. The van der Waals surface area contributed by atoms with Gasteiger partial charge < -0.3 is 15.2 Å². The van der Waals surface area contributed by atoms with E-state index >= 15 is 0 Å². The Bertz CT molecular complexity index is 689. The third-order valence-electron chi connectivity index (χ3n) is 2.90. The van der Waals surface area contributed by atoms with Gasteiger partial charge >= 0.3 is 11.7 Å². The average molecular weight is 291 g/mol. The van der Waals surface area contributed by atoms with Crippen molar-refractivity contribution in [3.05, 3.63) is 40.6 Å². The molecule has 110 valence electrons. The smallest absolute Gasteiger partial charge is 0.328 e. The van der Waals surface area contributed by atoms with Crippen LogP contribution in [0, 0.1) is 10.1 Å². The predicted octanol–water partition coefficient (Wildman–Crippen LogP) is 1.65. The number of methoxy groups -OCH3 is 1. The Morgan fingerprint density at radius 3 is 2.86 bits per heavy atom. The molecule has 0 aliphatic heterocycles. The van der Waals surface area contributed by atoms with Crippen molar-refractivity contribution < 1.29 is 19.6 Å². The summed E-state index contributed by atoms with van der Waals surface area (Å²) in [7, 11) is 1.36. The third-order valence-corrected chi connectivity index (χ3v) is 2.90. The van der Waals surface area contributed by atoms with Gasteiger partial charge in [0.2, 0.25) is 0 Å². The number of rotatable bonds is 6. The zero-order chi connectivity index (χ0) is 15.4. The first kappa shape index (κ1) is 14.7. The van der Waals surface area contributed by atoms with E-state index in [1.165, 1.54) is 7.11 Å². The van der Waals surface area contributed by atoms with E-state index in [1.807, 2.05) is 0 Å². The fraction of sp³-hybridized carbons (Fsp3) is 0.231. The summed E-state index contributed by atoms with van der Waals surface area (Å²) in [5.74, 6) is -1.16. The van der Waals surface area contributed by atoms with E-state index in [1.54, 1.807) is 24.3 Å². The normalized spacial score (nSPS) is 12.0. The largest absolute Gasteiger partial charge is 0.480 e. The zero-order valence-corrected chi connectivity index (χ0v) is 11.1. The van der Waals surface area contributed by atoms with Crippen LogP contribution in [0.25, 0.3) is 10.9 Å². The van der Waals surface area contributed by atoms with Crippen LogP contribution in [0.2, 0.25) is 0 Å². The first-order chi connectivity index (χ1) is 10.0. The molecule has 8 heteroatoms. The average Bonchev–Trinajstić information content (AvgIpc) is 2.46. The van der Waals surface area contributed by atoms with Gasteiger partial charge in [0.1, 0.15) is 17.9 Å². The summed E-state index contributed by atoms with van der Waals surface area (Å²) in [6.07, 6.45) is 1.11. The summed E-state index contributed by atoms with van der Waals surface area (Å²) in [5.41, 5.74) is 0.373. The highest BCUT2D eigenvalue weighted by Gasteiger charge is 2.24. The second kappa shape index (κ2) is 6.14. The zero-order valence-electron chi connectivity index (χ0n) is 11.1. The fourth-order valence-electron chi connectivity index (χ4n) is 1.94. The molecule has 2 rings (SSSR count). The predicted molar refractivity (Wildman–Crippen MR) is 75.3 cm³/mol. The van der Waals surface area contributed by atoms with Gasteiger partial charge in [-0.1, -0.05) is 18.2 Å². The number of nitrogens with zero attached hydrogens (tertiary/aromatic N) is 2. The number of carboxylic acid groups (broad SMARTS) is 1. The molecule has 0 aliphatic carbocycles. The fourth-order valence-corrected chi connectivity index (χ4v) is 1.94. The standard InChI is InChI=1S/C13H13N3O5/c1-21-7-10(13(17)18)15-12-8-4-2-3-5-9(8)14-6-11(12)16(19)20/h2-6,10H,7H2,1H3,(H,14,15)(H,17,18). The lowest BCUT2D eigenvalue weighted by atomic mass is 10.1. The maximum Gasteiger partial charge on any atom is 0.328 e. The van der Waals surface area contributed by atoms with E-state index in [2.05, 4.69) is 10.3 Å². The lowest BCUT2D eigenvalue weighted by molar-refractivity contribution is -0.384.